The summed E-state index contributed by atoms with van der Waals surface area (Å²) in [4.78, 5) is 82.3. The van der Waals surface area contributed by atoms with E-state index in [0.29, 0.717) is 50.4 Å². The number of hydrogen-bond acceptors (Lipinski definition) is 26. The van der Waals surface area contributed by atoms with Crippen molar-refractivity contribution in [1.82, 2.24) is 44.8 Å². The lowest BCUT2D eigenvalue weighted by atomic mass is 10.1. The van der Waals surface area contributed by atoms with Crippen molar-refractivity contribution in [3.8, 4) is 57.0 Å². The number of nitriles is 1. The van der Waals surface area contributed by atoms with Crippen molar-refractivity contribution in [3.05, 3.63) is 317 Å². The molecule has 0 aliphatic carbocycles. The second kappa shape index (κ2) is 47.1. The number of carbonyl (C=O) groups excluding carboxylic acids is 3. The molecule has 0 bridgehead atoms. The van der Waals surface area contributed by atoms with Crippen LogP contribution >= 0.6 is 79.1 Å². The number of anilines is 10. The number of nitrogen functional groups attached to an aromatic ring is 2. The van der Waals surface area contributed by atoms with Crippen LogP contribution in [-0.4, -0.2) is 91.1 Å². The van der Waals surface area contributed by atoms with E-state index in [1.807, 2.05) is 85.8 Å². The fourth-order valence-corrected chi connectivity index (χ4v) is 14.1. The molecule has 0 fully saturated rings. The maximum absolute atomic E-state index is 13.8. The van der Waals surface area contributed by atoms with Gasteiger partial charge >= 0.3 is 17.7 Å². The van der Waals surface area contributed by atoms with Crippen LogP contribution in [0.25, 0.3) is 56.2 Å². The maximum Gasteiger partial charge on any atom is 0.573 e. The lowest BCUT2D eigenvalue weighted by Crippen LogP contribution is -2.32. The number of imidazole rings is 1. The zero-order chi connectivity index (χ0) is 92.2. The first kappa shape index (κ1) is 99.1. The monoisotopic (exact) mass is 1940 g/mol. The molecule has 15 rings (SSSR count). The van der Waals surface area contributed by atoms with Crippen LogP contribution in [0.2, 0.25) is 0 Å². The van der Waals surface area contributed by atoms with Crippen LogP contribution < -0.4 is 48.1 Å². The average molecular weight is 1940 g/mol. The van der Waals surface area contributed by atoms with Crippen molar-refractivity contribution >= 4 is 180 Å². The van der Waals surface area contributed by atoms with Gasteiger partial charge in [-0.1, -0.05) is 70.0 Å². The van der Waals surface area contributed by atoms with Crippen LogP contribution in [-0.2, 0) is 11.8 Å². The minimum atomic E-state index is -4.72. The third kappa shape index (κ3) is 29.1. The van der Waals surface area contributed by atoms with Gasteiger partial charge < -0.3 is 52.7 Å². The van der Waals surface area contributed by atoms with Gasteiger partial charge in [-0.2, -0.15) is 14.0 Å². The number of ketones is 1. The first-order valence-corrected chi connectivity index (χ1v) is 41.7. The number of hydrogen-bond donors (Lipinski definition) is 8. The molecule has 15 aromatic rings. The Bertz CT molecular complexity index is 6450. The van der Waals surface area contributed by atoms with Crippen molar-refractivity contribution in [2.75, 3.05) is 50.4 Å². The molecule has 1 amide bonds. The number of rotatable bonds is 18. The molecule has 0 saturated heterocycles. The maximum atomic E-state index is 13.8. The number of Topliss-reactive ketones (excluding diaryl/α,β-unsaturated/α-hetero) is 1. The van der Waals surface area contributed by atoms with Gasteiger partial charge in [0.1, 0.15) is 23.7 Å². The van der Waals surface area contributed by atoms with Gasteiger partial charge in [0.05, 0.1) is 66.3 Å². The van der Waals surface area contributed by atoms with Gasteiger partial charge in [-0.25, -0.2) is 24.3 Å². The minimum Gasteiger partial charge on any atom is -0.406 e. The molecule has 0 spiro atoms. The number of pyridine rings is 3. The Kier molecular flexibility index (Phi) is 36.5. The van der Waals surface area contributed by atoms with Gasteiger partial charge in [0, 0.05) is 160 Å². The third-order valence-corrected chi connectivity index (χ3v) is 20.7. The standard InChI is InChI=1S/C24H21N5S.C17H11FN4O2S.C16H17N5S.C10H10FN3O3S.C8H5F3O2.C7H6BrNO.C7H8FN.BrH/c1-15-6-4-7-17(10-15)23-26-20-11-16(2)19(12-22(20)29(23)3)27-24-28-21(14-30-24)18-8-5-9-25-13-18;1-10-6-16(22(23)24)13(18)7-14(10)20-17-21-15(9-25-17)12-4-2-11(8-19)3-5-12;1-10-6-12(17)14(18-2)7-13(10)20-16-21-15(9-22-16)11-4-3-5-19-8-11;1-5-3-9(14(16)17)7(11)4-8(5)13-10(18)12-6(2)15;9-8(10,11)13-7-3-1-2-6(4-7)5-12;8-4-7(10)6-2-1-3-9-5-6;1-5-2-3-6(8)4-7(5)9;/h4-14H,1-3H3,(H,27,28);2-7,9H,1H3,(H,20,21);3-9,18H,17H2,1-2H3,(H,20,21);3-4H,1-2H3,(H2,12,13,15,18);1-5H;1-3,5H,4H2;2-4H,9H2,1H3;1H. The fraction of sp³-hybridized carbons (Fsp3) is 0.124. The van der Waals surface area contributed by atoms with Crippen molar-refractivity contribution in [1.29, 1.82) is 5.26 Å². The highest BCUT2D eigenvalue weighted by Gasteiger charge is 2.31. The number of nitrogens with one attached hydrogen (secondary N) is 6. The summed E-state index contributed by atoms with van der Waals surface area (Å²) in [6.07, 6.45) is 6.10. The number of nitro benzene ring substituents is 2. The average Bonchev–Trinajstić information content (AvgIpc) is 1.62. The predicted molar refractivity (Wildman–Crippen MR) is 506 cm³/mol. The molecule has 128 heavy (non-hydrogen) atoms. The molecule has 8 aromatic carbocycles. The predicted octanol–water partition coefficient (Wildman–Crippen LogP) is 23.0. The first-order chi connectivity index (χ1) is 60.6. The van der Waals surface area contributed by atoms with E-state index in [9.17, 15) is 61.0 Å². The number of thiazole rings is 3. The number of amides is 1. The van der Waals surface area contributed by atoms with Crippen LogP contribution in [0.1, 0.15) is 66.6 Å². The Labute approximate surface area is 766 Å². The molecule has 7 aromatic heterocycles. The molecule has 39 heteroatoms. The molecule has 0 unspecified atom stereocenters. The van der Waals surface area contributed by atoms with E-state index in [-0.39, 0.29) is 50.9 Å². The molecule has 7 heterocycles. The molecule has 0 aliphatic rings. The third-order valence-electron chi connectivity index (χ3n) is 17.7. The van der Waals surface area contributed by atoms with E-state index in [1.165, 1.54) is 54.2 Å². The van der Waals surface area contributed by atoms with Crippen LogP contribution in [0.15, 0.2) is 229 Å². The SMILES string of the molecule is Br.CC(=O)NC(=S)Nc1cc(F)c([N+](=O)[O-])cc1C.CNc1cc(Nc2nc(-c3cccnc3)cs2)c(C)cc1N.Cc1cc([N+](=O)[O-])c(F)cc1Nc1nc(-c2ccc(C#N)cc2)cs1.Cc1ccc(F)cc1N.Cc1cccc(-c2nc3cc(C)c(Nc4nc(-c5cccnc5)cs4)cc3n2C)c1.O=C(CBr)c1cccnc1.O=Cc1cccc(OC(F)(F)F)c1. The zero-order valence-electron chi connectivity index (χ0n) is 69.3. The van der Waals surface area contributed by atoms with Gasteiger partial charge in [0.2, 0.25) is 17.5 Å². The highest BCUT2D eigenvalue weighted by Crippen LogP contribution is 2.37. The summed E-state index contributed by atoms with van der Waals surface area (Å²) in [5.41, 5.74) is 30.4. The molecule has 27 nitrogen and oxygen atoms in total. The van der Waals surface area contributed by atoms with E-state index in [4.69, 9.17) is 38.9 Å². The Balaban J connectivity index is 0.000000191. The number of thiocarbonyl (C=S) groups is 1. The molecule has 0 aliphatic heterocycles. The Morgan fingerprint density at radius 1 is 0.594 bits per heavy atom. The number of aryl methyl sites for hydroxylation is 7. The molecular formula is C89H79Br2F6N19O8S4. The van der Waals surface area contributed by atoms with E-state index < -0.39 is 45.0 Å². The summed E-state index contributed by atoms with van der Waals surface area (Å²) < 4.78 is 80.2. The zero-order valence-corrected chi connectivity index (χ0v) is 75.8. The van der Waals surface area contributed by atoms with E-state index >= 15 is 0 Å². The molecule has 10 N–H and O–H groups in total. The number of nitrogens with two attached hydrogens (primary N) is 2. The molecule has 0 atom stereocenters. The van der Waals surface area contributed by atoms with Gasteiger partial charge in [0.25, 0.3) is 0 Å². The fourth-order valence-electron chi connectivity index (χ4n) is 11.3. The summed E-state index contributed by atoms with van der Waals surface area (Å²) in [7, 11) is 3.92. The lowest BCUT2D eigenvalue weighted by molar-refractivity contribution is -0.387. The van der Waals surface area contributed by atoms with Gasteiger partial charge in [-0.3, -0.25) is 49.6 Å². The second-order valence-electron chi connectivity index (χ2n) is 27.1. The number of nitrogens with zero attached hydrogens (tertiary/aromatic N) is 11. The van der Waals surface area contributed by atoms with Crippen molar-refractivity contribution in [2.24, 2.45) is 7.05 Å². The molecule has 0 radical (unpaired) electrons. The summed E-state index contributed by atoms with van der Waals surface area (Å²) in [6, 6.07) is 50.6. The largest absolute Gasteiger partial charge is 0.573 e. The number of ether oxygens (including phenoxy) is 1. The van der Waals surface area contributed by atoms with Crippen LogP contribution in [0.5, 0.6) is 5.75 Å². The highest BCUT2D eigenvalue weighted by molar-refractivity contribution is 9.09. The van der Waals surface area contributed by atoms with Crippen LogP contribution in [0, 0.1) is 90.6 Å². The summed E-state index contributed by atoms with van der Waals surface area (Å²) in [6.45, 7) is 12.6. The van der Waals surface area contributed by atoms with Crippen molar-refractivity contribution < 1.29 is 55.3 Å². The second-order valence-corrected chi connectivity index (χ2v) is 30.7. The van der Waals surface area contributed by atoms with Crippen LogP contribution in [0.4, 0.5) is 92.9 Å². The van der Waals surface area contributed by atoms with Gasteiger partial charge in [0.15, 0.2) is 26.3 Å². The Hall–Kier alpha value is -14.3. The van der Waals surface area contributed by atoms with E-state index in [2.05, 4.69) is 145 Å². The Morgan fingerprint density at radius 2 is 1.10 bits per heavy atom. The quantitative estimate of drug-likeness (QED) is 0.00578. The van der Waals surface area contributed by atoms with E-state index in [1.54, 1.807) is 104 Å². The number of benzene rings is 8. The van der Waals surface area contributed by atoms with Crippen LogP contribution in [0.3, 0.4) is 0 Å². The number of aldehydes is 1. The number of alkyl halides is 4. The topological polar surface area (TPSA) is 390 Å². The molecule has 658 valence electrons. The normalized spacial score (nSPS) is 10.3. The number of nitro groups is 2. The smallest absolute Gasteiger partial charge is 0.406 e. The van der Waals surface area contributed by atoms with E-state index in [0.717, 1.165) is 136 Å². The molecule has 0 saturated carbocycles. The lowest BCUT2D eigenvalue weighted by Gasteiger charge is -2.12. The summed E-state index contributed by atoms with van der Waals surface area (Å²) in [5, 5.41) is 56.4. The van der Waals surface area contributed by atoms with Gasteiger partial charge in [-0.15, -0.1) is 64.2 Å². The minimum absolute atomic E-state index is 0. The highest BCUT2D eigenvalue weighted by atomic mass is 79.9. The number of fused-ring (bicyclic) bond motifs is 1. The Morgan fingerprint density at radius 3 is 1.59 bits per heavy atom. The summed E-state index contributed by atoms with van der Waals surface area (Å²) >= 11 is 12.4. The number of aromatic nitrogens is 8. The molecular weight excluding hydrogens is 1870 g/mol. The van der Waals surface area contributed by atoms with Gasteiger partial charge in [-0.05, 0) is 185 Å². The summed E-state index contributed by atoms with van der Waals surface area (Å²) in [5.74, 6) is -1.88. The first-order valence-electron chi connectivity index (χ1n) is 37.5. The number of carbonyl (C=O) groups is 3. The van der Waals surface area contributed by atoms with Crippen molar-refractivity contribution in [2.45, 2.75) is 54.8 Å². The number of halogens is 8. The van der Waals surface area contributed by atoms with Crippen molar-refractivity contribution in [3.63, 3.8) is 0 Å².